The SMILES string of the molecule is COC(CN1CCN(S(C)(=O)=O)CC1)CN1[C@@H]2CCC[C@@]1(C(N)=O)CC2. The zero-order valence-corrected chi connectivity index (χ0v) is 16.7. The van der Waals surface area contributed by atoms with Crippen LogP contribution in [0.3, 0.4) is 0 Å². The fourth-order valence-electron chi connectivity index (χ4n) is 4.92. The third-order valence-electron chi connectivity index (χ3n) is 6.46. The number of sulfonamides is 1. The molecular weight excluding hydrogens is 356 g/mol. The van der Waals surface area contributed by atoms with Crippen molar-refractivity contribution in [3.63, 3.8) is 0 Å². The van der Waals surface area contributed by atoms with Crippen molar-refractivity contribution in [3.8, 4) is 0 Å². The van der Waals surface area contributed by atoms with Gasteiger partial charge in [0, 0.05) is 52.4 Å². The van der Waals surface area contributed by atoms with Crippen LogP contribution in [-0.4, -0.2) is 98.7 Å². The highest BCUT2D eigenvalue weighted by atomic mass is 32.2. The van der Waals surface area contributed by atoms with E-state index in [9.17, 15) is 13.2 Å². The van der Waals surface area contributed by atoms with Crippen molar-refractivity contribution >= 4 is 15.9 Å². The van der Waals surface area contributed by atoms with E-state index in [1.165, 1.54) is 10.6 Å². The Bertz CT molecular complexity index is 616. The van der Waals surface area contributed by atoms with Crippen LogP contribution in [0.25, 0.3) is 0 Å². The number of hydrogen-bond donors (Lipinski definition) is 1. The molecule has 2 N–H and O–H groups in total. The van der Waals surface area contributed by atoms with Crippen molar-refractivity contribution in [2.45, 2.75) is 49.8 Å². The average molecular weight is 389 g/mol. The Morgan fingerprint density at radius 1 is 1.19 bits per heavy atom. The van der Waals surface area contributed by atoms with Crippen LogP contribution < -0.4 is 5.73 Å². The van der Waals surface area contributed by atoms with Crippen molar-refractivity contribution in [3.05, 3.63) is 0 Å². The lowest BCUT2D eigenvalue weighted by atomic mass is 9.87. The summed E-state index contributed by atoms with van der Waals surface area (Å²) in [5.41, 5.74) is 5.30. The number of piperazine rings is 1. The quantitative estimate of drug-likeness (QED) is 0.629. The van der Waals surface area contributed by atoms with Crippen LogP contribution in [0, 0.1) is 0 Å². The Morgan fingerprint density at radius 3 is 2.46 bits per heavy atom. The number of methoxy groups -OCH3 is 1. The van der Waals surface area contributed by atoms with Gasteiger partial charge in [0.1, 0.15) is 5.54 Å². The van der Waals surface area contributed by atoms with E-state index in [1.54, 1.807) is 7.11 Å². The van der Waals surface area contributed by atoms with Crippen molar-refractivity contribution in [1.82, 2.24) is 14.1 Å². The molecule has 0 saturated carbocycles. The number of piperidine rings is 1. The van der Waals surface area contributed by atoms with Gasteiger partial charge < -0.3 is 10.5 Å². The molecule has 2 bridgehead atoms. The lowest BCUT2D eigenvalue weighted by molar-refractivity contribution is -0.133. The summed E-state index contributed by atoms with van der Waals surface area (Å²) >= 11 is 0. The molecular formula is C17H32N4O4S. The van der Waals surface area contributed by atoms with Crippen molar-refractivity contribution in [1.29, 1.82) is 0 Å². The maximum atomic E-state index is 12.2. The molecule has 0 aromatic rings. The topological polar surface area (TPSA) is 96.2 Å². The molecule has 1 amide bonds. The molecule has 0 aromatic carbocycles. The highest BCUT2D eigenvalue weighted by molar-refractivity contribution is 7.88. The molecule has 0 aromatic heterocycles. The number of nitrogens with zero attached hydrogens (tertiary/aromatic N) is 3. The van der Waals surface area contributed by atoms with E-state index in [-0.39, 0.29) is 12.0 Å². The molecule has 3 aliphatic heterocycles. The summed E-state index contributed by atoms with van der Waals surface area (Å²) in [6.45, 7) is 3.90. The molecule has 0 radical (unpaired) electrons. The van der Waals surface area contributed by atoms with Gasteiger partial charge in [-0.05, 0) is 32.1 Å². The van der Waals surface area contributed by atoms with Crippen LogP contribution in [-0.2, 0) is 19.6 Å². The third kappa shape index (κ3) is 3.91. The number of carbonyl (C=O) groups excluding carboxylic acids is 1. The molecule has 3 heterocycles. The smallest absolute Gasteiger partial charge is 0.237 e. The van der Waals surface area contributed by atoms with Gasteiger partial charge in [0.25, 0.3) is 0 Å². The molecule has 3 saturated heterocycles. The molecule has 3 rings (SSSR count). The van der Waals surface area contributed by atoms with Gasteiger partial charge in [-0.25, -0.2) is 8.42 Å². The summed E-state index contributed by atoms with van der Waals surface area (Å²) in [7, 11) is -1.41. The monoisotopic (exact) mass is 388 g/mol. The maximum Gasteiger partial charge on any atom is 0.237 e. The predicted octanol–water partition coefficient (Wildman–Crippen LogP) is -0.549. The summed E-state index contributed by atoms with van der Waals surface area (Å²) in [6, 6.07) is 0.427. The van der Waals surface area contributed by atoms with Crippen LogP contribution in [0.2, 0.25) is 0 Å². The number of amides is 1. The van der Waals surface area contributed by atoms with Gasteiger partial charge in [0.15, 0.2) is 0 Å². The van der Waals surface area contributed by atoms with Crippen LogP contribution in [0.4, 0.5) is 0 Å². The number of nitrogens with two attached hydrogens (primary N) is 1. The van der Waals surface area contributed by atoms with Gasteiger partial charge in [0.05, 0.1) is 12.4 Å². The molecule has 0 spiro atoms. The maximum absolute atomic E-state index is 12.2. The Kier molecular flexibility index (Phi) is 5.93. The molecule has 3 aliphatic rings. The van der Waals surface area contributed by atoms with E-state index in [0.29, 0.717) is 38.8 Å². The molecule has 150 valence electrons. The van der Waals surface area contributed by atoms with Gasteiger partial charge in [-0.1, -0.05) is 0 Å². The van der Waals surface area contributed by atoms with Crippen molar-refractivity contribution < 1.29 is 17.9 Å². The van der Waals surface area contributed by atoms with E-state index in [1.807, 2.05) is 0 Å². The summed E-state index contributed by atoms with van der Waals surface area (Å²) in [4.78, 5) is 16.8. The fraction of sp³-hybridized carbons (Fsp3) is 0.941. The van der Waals surface area contributed by atoms with Gasteiger partial charge in [-0.2, -0.15) is 4.31 Å². The van der Waals surface area contributed by atoms with Crippen LogP contribution in [0.1, 0.15) is 32.1 Å². The lowest BCUT2D eigenvalue weighted by Gasteiger charge is -2.44. The highest BCUT2D eigenvalue weighted by Crippen LogP contribution is 2.44. The Hall–Kier alpha value is -0.740. The average Bonchev–Trinajstić information content (AvgIpc) is 2.79. The first-order chi connectivity index (χ1) is 12.3. The second-order valence-electron chi connectivity index (χ2n) is 7.95. The van der Waals surface area contributed by atoms with Gasteiger partial charge in [0.2, 0.25) is 15.9 Å². The first-order valence-electron chi connectivity index (χ1n) is 9.53. The van der Waals surface area contributed by atoms with Gasteiger partial charge in [-0.15, -0.1) is 0 Å². The van der Waals surface area contributed by atoms with Crippen LogP contribution >= 0.6 is 0 Å². The largest absolute Gasteiger partial charge is 0.379 e. The van der Waals surface area contributed by atoms with Gasteiger partial charge in [-0.3, -0.25) is 14.6 Å². The number of ether oxygens (including phenoxy) is 1. The molecule has 8 nitrogen and oxygen atoms in total. The number of primary amides is 1. The number of hydrogen-bond acceptors (Lipinski definition) is 6. The summed E-state index contributed by atoms with van der Waals surface area (Å²) in [5, 5.41) is 0. The molecule has 0 aliphatic carbocycles. The number of rotatable bonds is 7. The molecule has 3 fully saturated rings. The van der Waals surface area contributed by atoms with E-state index in [0.717, 1.165) is 38.6 Å². The highest BCUT2D eigenvalue weighted by Gasteiger charge is 2.53. The fourth-order valence-corrected chi connectivity index (χ4v) is 5.75. The minimum Gasteiger partial charge on any atom is -0.379 e. The van der Waals surface area contributed by atoms with Gasteiger partial charge >= 0.3 is 0 Å². The summed E-state index contributed by atoms with van der Waals surface area (Å²) in [5.74, 6) is -0.198. The minimum absolute atomic E-state index is 0.0165. The standard InChI is InChI=1S/C17H32N4O4S/c1-25-15(12-19-8-10-20(11-9-19)26(2,23)24)13-21-14-4-3-6-17(21,7-5-14)16(18)22/h14-15H,3-13H2,1-2H3,(H2,18,22)/t14-,15?,17+/m1/s1. The minimum atomic E-state index is -3.11. The Balaban J connectivity index is 1.59. The first kappa shape index (κ1) is 20.0. The van der Waals surface area contributed by atoms with E-state index >= 15 is 0 Å². The first-order valence-corrected chi connectivity index (χ1v) is 11.4. The number of fused-ring (bicyclic) bond motifs is 2. The second-order valence-corrected chi connectivity index (χ2v) is 9.94. The second kappa shape index (κ2) is 7.71. The number of carbonyl (C=O) groups is 1. The lowest BCUT2D eigenvalue weighted by Crippen LogP contribution is -2.60. The summed E-state index contributed by atoms with van der Waals surface area (Å²) < 4.78 is 30.5. The third-order valence-corrected chi connectivity index (χ3v) is 7.77. The van der Waals surface area contributed by atoms with E-state index in [4.69, 9.17) is 10.5 Å². The Labute approximate surface area is 156 Å². The zero-order chi connectivity index (χ0) is 18.9. The van der Waals surface area contributed by atoms with Crippen molar-refractivity contribution in [2.75, 3.05) is 52.6 Å². The van der Waals surface area contributed by atoms with E-state index in [2.05, 4.69) is 9.80 Å². The van der Waals surface area contributed by atoms with Crippen LogP contribution in [0.15, 0.2) is 0 Å². The Morgan fingerprint density at radius 2 is 1.88 bits per heavy atom. The summed E-state index contributed by atoms with van der Waals surface area (Å²) in [6.07, 6.45) is 6.17. The molecule has 3 atom stereocenters. The molecule has 1 unspecified atom stereocenters. The van der Waals surface area contributed by atoms with Crippen LogP contribution in [0.5, 0.6) is 0 Å². The normalized spacial score (nSPS) is 32.6. The molecule has 9 heteroatoms. The zero-order valence-electron chi connectivity index (χ0n) is 15.9. The van der Waals surface area contributed by atoms with E-state index < -0.39 is 15.6 Å². The molecule has 26 heavy (non-hydrogen) atoms. The predicted molar refractivity (Wildman–Crippen MR) is 99.2 cm³/mol. The van der Waals surface area contributed by atoms with Crippen molar-refractivity contribution in [2.24, 2.45) is 5.73 Å².